The summed E-state index contributed by atoms with van der Waals surface area (Å²) in [6, 6.07) is 11.3. The number of hydrogen-bond acceptors (Lipinski definition) is 4. The number of hydrogen-bond donors (Lipinski definition) is 1. The fourth-order valence-electron chi connectivity index (χ4n) is 2.08. The first-order chi connectivity index (χ1) is 10.1. The first-order valence-corrected chi connectivity index (χ1v) is 7.56. The van der Waals surface area contributed by atoms with Crippen molar-refractivity contribution in [2.24, 2.45) is 0 Å². The molecule has 0 fully saturated rings. The molecule has 0 aliphatic carbocycles. The van der Waals surface area contributed by atoms with Gasteiger partial charge in [0.1, 0.15) is 5.76 Å². The number of Topliss-reactive ketones (excluding diaryl/α,β-unsaturated/α-hetero) is 1. The van der Waals surface area contributed by atoms with Crippen molar-refractivity contribution in [1.29, 1.82) is 0 Å². The second kappa shape index (κ2) is 7.54. The molecule has 112 valence electrons. The van der Waals surface area contributed by atoms with Crippen molar-refractivity contribution in [2.75, 3.05) is 27.2 Å². The zero-order chi connectivity index (χ0) is 15.2. The van der Waals surface area contributed by atoms with Gasteiger partial charge in [0.05, 0.1) is 18.8 Å². The van der Waals surface area contributed by atoms with E-state index in [0.29, 0.717) is 18.7 Å². The van der Waals surface area contributed by atoms with E-state index in [1.165, 1.54) is 0 Å². The molecule has 0 bridgehead atoms. The van der Waals surface area contributed by atoms with Crippen LogP contribution in [0.15, 0.2) is 51.6 Å². The summed E-state index contributed by atoms with van der Waals surface area (Å²) in [5.41, 5.74) is 0.713. The van der Waals surface area contributed by atoms with Crippen molar-refractivity contribution >= 4 is 21.7 Å². The summed E-state index contributed by atoms with van der Waals surface area (Å²) in [6.45, 7) is 0.968. The summed E-state index contributed by atoms with van der Waals surface area (Å²) in [5.74, 6) is 0.975. The van der Waals surface area contributed by atoms with Crippen molar-refractivity contribution < 1.29 is 9.21 Å². The van der Waals surface area contributed by atoms with Gasteiger partial charge in [-0.05, 0) is 38.4 Å². The molecule has 0 aliphatic heterocycles. The lowest BCUT2D eigenvalue weighted by atomic mass is 10.1. The normalized spacial score (nSPS) is 12.6. The molecule has 1 aromatic heterocycles. The van der Waals surface area contributed by atoms with E-state index < -0.39 is 0 Å². The Morgan fingerprint density at radius 1 is 1.29 bits per heavy atom. The standard InChI is InChI=1S/C16H19BrN2O2/c1-19(2)14(16-4-3-9-21-16)10-18-11-15(20)12-5-7-13(17)8-6-12/h3-9,14,18H,10-11H2,1-2H3. The van der Waals surface area contributed by atoms with Crippen molar-refractivity contribution in [3.05, 3.63) is 58.5 Å². The number of likely N-dealkylation sites (N-methyl/N-ethyl adjacent to an activating group) is 1. The maximum absolute atomic E-state index is 12.1. The van der Waals surface area contributed by atoms with Gasteiger partial charge in [0.15, 0.2) is 5.78 Å². The van der Waals surface area contributed by atoms with Gasteiger partial charge in [-0.1, -0.05) is 28.1 Å². The maximum atomic E-state index is 12.1. The number of benzene rings is 1. The molecule has 0 saturated heterocycles. The monoisotopic (exact) mass is 350 g/mol. The molecular formula is C16H19BrN2O2. The molecular weight excluding hydrogens is 332 g/mol. The highest BCUT2D eigenvalue weighted by Gasteiger charge is 2.17. The van der Waals surface area contributed by atoms with E-state index in [9.17, 15) is 4.79 Å². The van der Waals surface area contributed by atoms with E-state index in [2.05, 4.69) is 26.1 Å². The molecule has 0 saturated carbocycles. The third-order valence-electron chi connectivity index (χ3n) is 3.28. The third kappa shape index (κ3) is 4.52. The van der Waals surface area contributed by atoms with Gasteiger partial charge in [-0.3, -0.25) is 9.69 Å². The van der Waals surface area contributed by atoms with Crippen LogP contribution in [0.5, 0.6) is 0 Å². The van der Waals surface area contributed by atoms with Gasteiger partial charge >= 0.3 is 0 Å². The van der Waals surface area contributed by atoms with Gasteiger partial charge in [-0.15, -0.1) is 0 Å². The van der Waals surface area contributed by atoms with Crippen LogP contribution in [0.25, 0.3) is 0 Å². The smallest absolute Gasteiger partial charge is 0.176 e. The Labute approximate surface area is 133 Å². The lowest BCUT2D eigenvalue weighted by Crippen LogP contribution is -2.33. The van der Waals surface area contributed by atoms with E-state index in [-0.39, 0.29) is 11.8 Å². The Bertz CT molecular complexity index is 564. The van der Waals surface area contributed by atoms with Crippen molar-refractivity contribution in [1.82, 2.24) is 10.2 Å². The summed E-state index contributed by atoms with van der Waals surface area (Å²) in [7, 11) is 3.98. The number of rotatable bonds is 7. The van der Waals surface area contributed by atoms with Gasteiger partial charge < -0.3 is 9.73 Å². The summed E-state index contributed by atoms with van der Waals surface area (Å²) < 4.78 is 6.41. The Balaban J connectivity index is 1.88. The zero-order valence-corrected chi connectivity index (χ0v) is 13.8. The largest absolute Gasteiger partial charge is 0.468 e. The third-order valence-corrected chi connectivity index (χ3v) is 3.81. The second-order valence-electron chi connectivity index (χ2n) is 5.06. The average molecular weight is 351 g/mol. The molecule has 0 spiro atoms. The van der Waals surface area contributed by atoms with E-state index in [4.69, 9.17) is 4.42 Å². The van der Waals surface area contributed by atoms with Crippen LogP contribution in [0, 0.1) is 0 Å². The van der Waals surface area contributed by atoms with Crippen molar-refractivity contribution in [3.63, 3.8) is 0 Å². The highest BCUT2D eigenvalue weighted by molar-refractivity contribution is 9.10. The van der Waals surface area contributed by atoms with Gasteiger partial charge in [0.2, 0.25) is 0 Å². The number of carbonyl (C=O) groups is 1. The zero-order valence-electron chi connectivity index (χ0n) is 12.2. The van der Waals surface area contributed by atoms with Gasteiger partial charge in [-0.2, -0.15) is 0 Å². The summed E-state index contributed by atoms with van der Waals surface area (Å²) >= 11 is 3.36. The number of nitrogens with one attached hydrogen (secondary N) is 1. The van der Waals surface area contributed by atoms with Crippen LogP contribution in [-0.2, 0) is 0 Å². The summed E-state index contributed by atoms with van der Waals surface area (Å²) in [4.78, 5) is 14.1. The van der Waals surface area contributed by atoms with E-state index >= 15 is 0 Å². The van der Waals surface area contributed by atoms with Crippen LogP contribution in [0.1, 0.15) is 22.2 Å². The van der Waals surface area contributed by atoms with Gasteiger partial charge in [0, 0.05) is 16.6 Å². The average Bonchev–Trinajstić information content (AvgIpc) is 2.97. The molecule has 1 N–H and O–H groups in total. The molecule has 1 unspecified atom stereocenters. The first kappa shape index (κ1) is 15.9. The molecule has 4 nitrogen and oxygen atoms in total. The van der Waals surface area contributed by atoms with Crippen LogP contribution < -0.4 is 5.32 Å². The molecule has 1 atom stereocenters. The number of nitrogens with zero attached hydrogens (tertiary/aromatic N) is 1. The number of ketones is 1. The van der Waals surface area contributed by atoms with Crippen LogP contribution in [-0.4, -0.2) is 37.9 Å². The SMILES string of the molecule is CN(C)C(CNCC(=O)c1ccc(Br)cc1)c1ccco1. The Hall–Kier alpha value is -1.43. The number of furan rings is 1. The Morgan fingerprint density at radius 3 is 2.57 bits per heavy atom. The van der Waals surface area contributed by atoms with Gasteiger partial charge in [0.25, 0.3) is 0 Å². The molecule has 1 heterocycles. The quantitative estimate of drug-likeness (QED) is 0.779. The lowest BCUT2D eigenvalue weighted by Gasteiger charge is -2.22. The molecule has 0 amide bonds. The van der Waals surface area contributed by atoms with Crippen molar-refractivity contribution in [2.45, 2.75) is 6.04 Å². The Kier molecular flexibility index (Phi) is 5.73. The first-order valence-electron chi connectivity index (χ1n) is 6.77. The molecule has 21 heavy (non-hydrogen) atoms. The van der Waals surface area contributed by atoms with Crippen LogP contribution >= 0.6 is 15.9 Å². The van der Waals surface area contributed by atoms with Crippen LogP contribution in [0.4, 0.5) is 0 Å². The predicted molar refractivity (Wildman–Crippen MR) is 86.5 cm³/mol. The van der Waals surface area contributed by atoms with E-state index in [1.807, 2.05) is 50.5 Å². The predicted octanol–water partition coefficient (Wildman–Crippen LogP) is 3.12. The minimum Gasteiger partial charge on any atom is -0.468 e. The lowest BCUT2D eigenvalue weighted by molar-refractivity contribution is 0.0987. The molecule has 2 aromatic rings. The highest BCUT2D eigenvalue weighted by Crippen LogP contribution is 2.17. The second-order valence-corrected chi connectivity index (χ2v) is 5.97. The Morgan fingerprint density at radius 2 is 2.00 bits per heavy atom. The topological polar surface area (TPSA) is 45.5 Å². The van der Waals surface area contributed by atoms with Crippen LogP contribution in [0.2, 0.25) is 0 Å². The van der Waals surface area contributed by atoms with Gasteiger partial charge in [-0.25, -0.2) is 0 Å². The number of halogens is 1. The fraction of sp³-hybridized carbons (Fsp3) is 0.312. The number of carbonyl (C=O) groups excluding carboxylic acids is 1. The molecule has 1 aromatic carbocycles. The maximum Gasteiger partial charge on any atom is 0.176 e. The minimum absolute atomic E-state index is 0.0828. The molecule has 5 heteroatoms. The molecule has 0 aliphatic rings. The summed E-state index contributed by atoms with van der Waals surface area (Å²) in [5, 5.41) is 3.21. The fourth-order valence-corrected chi connectivity index (χ4v) is 2.34. The van der Waals surface area contributed by atoms with E-state index in [0.717, 1.165) is 10.2 Å². The molecule has 2 rings (SSSR count). The minimum atomic E-state index is 0.0828. The highest BCUT2D eigenvalue weighted by atomic mass is 79.9. The van der Waals surface area contributed by atoms with Crippen LogP contribution in [0.3, 0.4) is 0 Å². The molecule has 0 radical (unpaired) electrons. The van der Waals surface area contributed by atoms with E-state index in [1.54, 1.807) is 6.26 Å². The van der Waals surface area contributed by atoms with Crippen molar-refractivity contribution in [3.8, 4) is 0 Å². The summed E-state index contributed by atoms with van der Waals surface area (Å²) in [6.07, 6.45) is 1.67.